The molecule has 3 fully saturated rings. The summed E-state index contributed by atoms with van der Waals surface area (Å²) in [6.45, 7) is 8.39. The highest BCUT2D eigenvalue weighted by Crippen LogP contribution is 2.44. The first kappa shape index (κ1) is 26.8. The van der Waals surface area contributed by atoms with Crippen molar-refractivity contribution in [3.63, 3.8) is 0 Å². The zero-order valence-corrected chi connectivity index (χ0v) is 25.1. The second-order valence-electron chi connectivity index (χ2n) is 11.7. The third-order valence-corrected chi connectivity index (χ3v) is 14.3. The van der Waals surface area contributed by atoms with E-state index in [1.165, 1.54) is 29.6 Å². The van der Waals surface area contributed by atoms with E-state index in [4.69, 9.17) is 18.6 Å². The normalized spacial score (nSPS) is 26.7. The Bertz CT molecular complexity index is 934. The quantitative estimate of drug-likeness (QED) is 0.153. The molecular weight excluding hydrogens is 579 g/mol. The monoisotopic (exact) mass is 620 g/mol. The summed E-state index contributed by atoms with van der Waals surface area (Å²) in [6, 6.07) is 21.8. The number of halogens is 1. The fourth-order valence-electron chi connectivity index (χ4n) is 6.47. The van der Waals surface area contributed by atoms with E-state index in [9.17, 15) is 0 Å². The number of hydrogen-bond acceptors (Lipinski definition) is 4. The largest absolute Gasteiger partial charge is 0.407 e. The van der Waals surface area contributed by atoms with Gasteiger partial charge < -0.3 is 18.6 Å². The van der Waals surface area contributed by atoms with Crippen molar-refractivity contribution in [3.05, 3.63) is 60.7 Å². The van der Waals surface area contributed by atoms with Gasteiger partial charge in [0.25, 0.3) is 8.32 Å². The number of hydrogen-bond donors (Lipinski definition) is 0. The van der Waals surface area contributed by atoms with Crippen LogP contribution in [0.15, 0.2) is 60.7 Å². The van der Waals surface area contributed by atoms with Crippen LogP contribution in [0.4, 0.5) is 0 Å². The summed E-state index contributed by atoms with van der Waals surface area (Å²) < 4.78 is 27.5. The van der Waals surface area contributed by atoms with Gasteiger partial charge in [0.15, 0.2) is 5.79 Å². The van der Waals surface area contributed by atoms with E-state index >= 15 is 0 Å². The van der Waals surface area contributed by atoms with Gasteiger partial charge in [-0.3, -0.25) is 0 Å². The van der Waals surface area contributed by atoms with Crippen LogP contribution in [0.25, 0.3) is 0 Å². The molecule has 1 aliphatic carbocycles. The Hall–Kier alpha value is -0.773. The van der Waals surface area contributed by atoms with Gasteiger partial charge in [0.05, 0.1) is 24.9 Å². The molecular formula is C30H41IO4Si. The lowest BCUT2D eigenvalue weighted by Crippen LogP contribution is -2.66. The Kier molecular flexibility index (Phi) is 8.30. The lowest BCUT2D eigenvalue weighted by atomic mass is 9.92. The first-order valence-corrected chi connectivity index (χ1v) is 17.1. The van der Waals surface area contributed by atoms with Crippen LogP contribution in [0, 0.1) is 5.92 Å². The first-order chi connectivity index (χ1) is 17.4. The molecule has 4 nitrogen and oxygen atoms in total. The minimum absolute atomic E-state index is 0.0227. The summed E-state index contributed by atoms with van der Waals surface area (Å²) >= 11 is 2.44. The van der Waals surface area contributed by atoms with E-state index in [1.54, 1.807) is 0 Å². The SMILES string of the molecule is CC(C)(C)[Si](OCC[C@@H]([C@@H]1O[C@H]1CI)[C@@H]1COC2(CCCCC2)O1)(c1ccccc1)c1ccccc1. The van der Waals surface area contributed by atoms with Crippen LogP contribution in [0.2, 0.25) is 5.04 Å². The highest BCUT2D eigenvalue weighted by atomic mass is 127. The first-order valence-electron chi connectivity index (χ1n) is 13.7. The Morgan fingerprint density at radius 2 is 1.58 bits per heavy atom. The van der Waals surface area contributed by atoms with Gasteiger partial charge in [0, 0.05) is 29.8 Å². The molecule has 2 aromatic rings. The van der Waals surface area contributed by atoms with E-state index in [0.29, 0.717) is 25.2 Å². The van der Waals surface area contributed by atoms with Crippen LogP contribution < -0.4 is 10.4 Å². The molecule has 0 unspecified atom stereocenters. The summed E-state index contributed by atoms with van der Waals surface area (Å²) in [5, 5.41) is 2.63. The average molecular weight is 621 g/mol. The number of alkyl halides is 1. The van der Waals surface area contributed by atoms with E-state index in [1.807, 2.05) is 0 Å². The smallest absolute Gasteiger partial charge is 0.261 e. The second kappa shape index (κ2) is 11.1. The fraction of sp³-hybridized carbons (Fsp3) is 0.600. The zero-order valence-electron chi connectivity index (χ0n) is 22.0. The van der Waals surface area contributed by atoms with Gasteiger partial charge in [-0.15, -0.1) is 0 Å². The van der Waals surface area contributed by atoms with E-state index in [0.717, 1.165) is 23.7 Å². The van der Waals surface area contributed by atoms with Crippen molar-refractivity contribution in [2.24, 2.45) is 5.92 Å². The maximum absolute atomic E-state index is 7.23. The van der Waals surface area contributed by atoms with Gasteiger partial charge in [0.2, 0.25) is 0 Å². The van der Waals surface area contributed by atoms with E-state index < -0.39 is 8.32 Å². The molecule has 0 N–H and O–H groups in total. The summed E-state index contributed by atoms with van der Waals surface area (Å²) in [6.07, 6.45) is 7.32. The molecule has 2 aliphatic heterocycles. The number of epoxide rings is 1. The van der Waals surface area contributed by atoms with Crippen molar-refractivity contribution in [1.82, 2.24) is 0 Å². The molecule has 6 heteroatoms. The van der Waals surface area contributed by atoms with Crippen LogP contribution in [-0.4, -0.2) is 50.1 Å². The highest BCUT2D eigenvalue weighted by Gasteiger charge is 2.54. The van der Waals surface area contributed by atoms with E-state index in [2.05, 4.69) is 104 Å². The molecule has 5 rings (SSSR count). The van der Waals surface area contributed by atoms with Gasteiger partial charge in [0.1, 0.15) is 0 Å². The van der Waals surface area contributed by atoms with Crippen LogP contribution in [0.1, 0.15) is 59.3 Å². The van der Waals surface area contributed by atoms with Crippen molar-refractivity contribution in [3.8, 4) is 0 Å². The molecule has 1 saturated carbocycles. The Morgan fingerprint density at radius 1 is 0.972 bits per heavy atom. The predicted molar refractivity (Wildman–Crippen MR) is 156 cm³/mol. The van der Waals surface area contributed by atoms with Gasteiger partial charge in [-0.1, -0.05) is 110 Å². The fourth-order valence-corrected chi connectivity index (χ4v) is 11.8. The molecule has 2 heterocycles. The molecule has 36 heavy (non-hydrogen) atoms. The third kappa shape index (κ3) is 5.36. The molecule has 2 aromatic carbocycles. The van der Waals surface area contributed by atoms with Crippen molar-refractivity contribution >= 4 is 41.3 Å². The minimum atomic E-state index is -2.55. The van der Waals surface area contributed by atoms with Crippen LogP contribution in [0.5, 0.6) is 0 Å². The molecule has 0 bridgehead atoms. The highest BCUT2D eigenvalue weighted by molar-refractivity contribution is 14.1. The molecule has 1 spiro atoms. The summed E-state index contributed by atoms with van der Waals surface area (Å²) in [5.74, 6) is -0.0568. The predicted octanol–water partition coefficient (Wildman–Crippen LogP) is 5.85. The molecule has 196 valence electrons. The van der Waals surface area contributed by atoms with Crippen LogP contribution in [0.3, 0.4) is 0 Å². The number of ether oxygens (including phenoxy) is 3. The van der Waals surface area contributed by atoms with Crippen molar-refractivity contribution in [2.45, 2.75) is 88.4 Å². The van der Waals surface area contributed by atoms with Crippen molar-refractivity contribution in [2.75, 3.05) is 17.6 Å². The van der Waals surface area contributed by atoms with E-state index in [-0.39, 0.29) is 23.0 Å². The summed E-state index contributed by atoms with van der Waals surface area (Å²) in [4.78, 5) is 0. The number of rotatable bonds is 9. The minimum Gasteiger partial charge on any atom is -0.407 e. The Balaban J connectivity index is 1.38. The molecule has 3 aliphatic rings. The topological polar surface area (TPSA) is 40.2 Å². The summed E-state index contributed by atoms with van der Waals surface area (Å²) in [7, 11) is -2.55. The van der Waals surface area contributed by atoms with Gasteiger partial charge in [-0.05, 0) is 34.7 Å². The van der Waals surface area contributed by atoms with Crippen molar-refractivity contribution in [1.29, 1.82) is 0 Å². The molecule has 0 amide bonds. The Labute approximate surface area is 231 Å². The molecule has 0 radical (unpaired) electrons. The number of benzene rings is 2. The van der Waals surface area contributed by atoms with Gasteiger partial charge in [-0.2, -0.15) is 0 Å². The summed E-state index contributed by atoms with van der Waals surface area (Å²) in [5.41, 5.74) is 0. The lowest BCUT2D eigenvalue weighted by Gasteiger charge is -2.43. The zero-order chi connectivity index (χ0) is 25.2. The second-order valence-corrected chi connectivity index (χ2v) is 16.9. The molecule has 2 saturated heterocycles. The van der Waals surface area contributed by atoms with Crippen LogP contribution >= 0.6 is 22.6 Å². The Morgan fingerprint density at radius 3 is 2.11 bits per heavy atom. The lowest BCUT2D eigenvalue weighted by molar-refractivity contribution is -0.192. The van der Waals surface area contributed by atoms with Crippen molar-refractivity contribution < 1.29 is 18.6 Å². The van der Waals surface area contributed by atoms with Gasteiger partial charge >= 0.3 is 0 Å². The van der Waals surface area contributed by atoms with Gasteiger partial charge in [-0.25, -0.2) is 0 Å². The molecule has 0 aromatic heterocycles. The van der Waals surface area contributed by atoms with Crippen LogP contribution in [-0.2, 0) is 18.6 Å². The molecule has 4 atom stereocenters. The maximum Gasteiger partial charge on any atom is 0.261 e. The standard InChI is InChI=1S/C30H41IO4Si/c1-29(2,3)36(23-13-7-4-8-14-23,24-15-9-5-10-16-24)33-20-17-25(28-26(21-31)34-28)27-22-32-30(35-27)18-11-6-12-19-30/h4-5,7-10,13-16,25-28H,6,11-12,17-22H2,1-3H3/t25-,26+,27+,28+/m1/s1. The average Bonchev–Trinajstić information content (AvgIpc) is 3.57. The maximum atomic E-state index is 7.23. The third-order valence-electron chi connectivity index (χ3n) is 8.35.